The molecule has 2 atom stereocenters. The topological polar surface area (TPSA) is 67.2 Å². The summed E-state index contributed by atoms with van der Waals surface area (Å²) in [6.45, 7) is 4.61. The Morgan fingerprint density at radius 3 is 3.00 bits per heavy atom. The van der Waals surface area contributed by atoms with Gasteiger partial charge in [-0.25, -0.2) is 0 Å². The van der Waals surface area contributed by atoms with E-state index in [9.17, 15) is 9.90 Å². The number of nitrogens with zero attached hydrogens (tertiary/aromatic N) is 2. The average Bonchev–Trinajstić information content (AvgIpc) is 2.93. The molecule has 6 heteroatoms. The van der Waals surface area contributed by atoms with Crippen LogP contribution in [0.2, 0.25) is 5.02 Å². The predicted molar refractivity (Wildman–Crippen MR) is 73.5 cm³/mol. The van der Waals surface area contributed by atoms with Gasteiger partial charge in [-0.1, -0.05) is 18.5 Å². The summed E-state index contributed by atoms with van der Waals surface area (Å²) in [4.78, 5) is 11.6. The van der Waals surface area contributed by atoms with Crippen molar-refractivity contribution in [3.63, 3.8) is 0 Å². The molecule has 0 bridgehead atoms. The first-order valence-electron chi connectivity index (χ1n) is 6.68. The molecule has 1 aliphatic carbocycles. The molecule has 2 N–H and O–H groups in total. The van der Waals surface area contributed by atoms with Crippen molar-refractivity contribution in [1.29, 1.82) is 0 Å². The van der Waals surface area contributed by atoms with E-state index >= 15 is 0 Å². The number of carboxylic acid groups (broad SMARTS) is 1. The Hall–Kier alpha value is -1.07. The van der Waals surface area contributed by atoms with E-state index in [1.54, 1.807) is 6.20 Å². The lowest BCUT2D eigenvalue weighted by molar-refractivity contribution is -0.144. The third-order valence-electron chi connectivity index (χ3n) is 3.84. The second-order valence-electron chi connectivity index (χ2n) is 5.25. The highest BCUT2D eigenvalue weighted by molar-refractivity contribution is 6.31. The fourth-order valence-corrected chi connectivity index (χ4v) is 2.82. The third-order valence-corrected chi connectivity index (χ3v) is 4.21. The number of aliphatic carboxylic acids is 1. The Morgan fingerprint density at radius 2 is 2.47 bits per heavy atom. The maximum absolute atomic E-state index is 11.6. The van der Waals surface area contributed by atoms with Crippen molar-refractivity contribution in [2.45, 2.75) is 51.1 Å². The van der Waals surface area contributed by atoms with Crippen LogP contribution in [0.25, 0.3) is 0 Å². The monoisotopic (exact) mass is 285 g/mol. The van der Waals surface area contributed by atoms with Gasteiger partial charge < -0.3 is 10.4 Å². The second-order valence-corrected chi connectivity index (χ2v) is 5.66. The van der Waals surface area contributed by atoms with Gasteiger partial charge in [0.05, 0.1) is 16.8 Å². The predicted octanol–water partition coefficient (Wildman–Crippen LogP) is 2.39. The van der Waals surface area contributed by atoms with Crippen molar-refractivity contribution in [1.82, 2.24) is 15.1 Å². The molecule has 1 fully saturated rings. The minimum Gasteiger partial charge on any atom is -0.480 e. The zero-order valence-corrected chi connectivity index (χ0v) is 12.1. The molecule has 0 saturated heterocycles. The Morgan fingerprint density at radius 1 is 1.74 bits per heavy atom. The molecule has 19 heavy (non-hydrogen) atoms. The van der Waals surface area contributed by atoms with Crippen LogP contribution in [0.5, 0.6) is 0 Å². The number of hydrogen-bond acceptors (Lipinski definition) is 3. The van der Waals surface area contributed by atoms with Gasteiger partial charge in [0.15, 0.2) is 0 Å². The molecule has 0 amide bonds. The highest BCUT2D eigenvalue weighted by atomic mass is 35.5. The Bertz CT molecular complexity index is 455. The number of rotatable bonds is 5. The highest BCUT2D eigenvalue weighted by Crippen LogP contribution is 2.38. The minimum atomic E-state index is -0.812. The van der Waals surface area contributed by atoms with Crippen LogP contribution in [0.3, 0.4) is 0 Å². The molecular formula is C13H20ClN3O2. The SMILES string of the molecule is CCCNC1(C(=O)O)CCC(n2cc(Cl)c(C)n2)C1. The number of carbonyl (C=O) groups is 1. The van der Waals surface area contributed by atoms with Gasteiger partial charge >= 0.3 is 5.97 Å². The fourth-order valence-electron chi connectivity index (χ4n) is 2.69. The third kappa shape index (κ3) is 2.77. The molecule has 0 aromatic carbocycles. The van der Waals surface area contributed by atoms with Crippen molar-refractivity contribution in [2.24, 2.45) is 0 Å². The van der Waals surface area contributed by atoms with Crippen molar-refractivity contribution in [2.75, 3.05) is 6.54 Å². The van der Waals surface area contributed by atoms with Gasteiger partial charge in [-0.15, -0.1) is 0 Å². The molecule has 1 aliphatic rings. The zero-order valence-electron chi connectivity index (χ0n) is 11.3. The number of aromatic nitrogens is 2. The number of halogens is 1. The molecular weight excluding hydrogens is 266 g/mol. The van der Waals surface area contributed by atoms with Crippen molar-refractivity contribution in [3.05, 3.63) is 16.9 Å². The summed E-state index contributed by atoms with van der Waals surface area (Å²) in [5.41, 5.74) is -0.0245. The van der Waals surface area contributed by atoms with E-state index in [1.165, 1.54) is 0 Å². The minimum absolute atomic E-state index is 0.103. The van der Waals surface area contributed by atoms with E-state index in [0.717, 1.165) is 25.1 Å². The van der Waals surface area contributed by atoms with E-state index in [-0.39, 0.29) is 6.04 Å². The second kappa shape index (κ2) is 5.51. The molecule has 1 aromatic heterocycles. The molecule has 1 saturated carbocycles. The quantitative estimate of drug-likeness (QED) is 0.872. The number of nitrogens with one attached hydrogen (secondary N) is 1. The maximum Gasteiger partial charge on any atom is 0.323 e. The van der Waals surface area contributed by atoms with Gasteiger partial charge in [0, 0.05) is 6.20 Å². The van der Waals surface area contributed by atoms with Gasteiger partial charge in [0.2, 0.25) is 0 Å². The lowest BCUT2D eigenvalue weighted by Gasteiger charge is -2.25. The van der Waals surface area contributed by atoms with E-state index < -0.39 is 11.5 Å². The van der Waals surface area contributed by atoms with Gasteiger partial charge in [-0.3, -0.25) is 9.48 Å². The first-order chi connectivity index (χ1) is 8.98. The van der Waals surface area contributed by atoms with Crippen LogP contribution in [0, 0.1) is 6.92 Å². The molecule has 1 heterocycles. The van der Waals surface area contributed by atoms with Crippen molar-refractivity contribution >= 4 is 17.6 Å². The molecule has 2 unspecified atom stereocenters. The summed E-state index contributed by atoms with van der Waals surface area (Å²) in [7, 11) is 0. The molecule has 1 aromatic rings. The number of aryl methyl sites for hydroxylation is 1. The molecule has 106 valence electrons. The number of carboxylic acids is 1. The van der Waals surface area contributed by atoms with Crippen LogP contribution in [0.1, 0.15) is 44.3 Å². The van der Waals surface area contributed by atoms with E-state index in [4.69, 9.17) is 11.6 Å². The molecule has 0 aliphatic heterocycles. The van der Waals surface area contributed by atoms with Crippen LogP contribution in [-0.2, 0) is 4.79 Å². The Kier molecular flexibility index (Phi) is 4.16. The van der Waals surface area contributed by atoms with Gasteiger partial charge in [-0.05, 0) is 39.2 Å². The molecule has 5 nitrogen and oxygen atoms in total. The van der Waals surface area contributed by atoms with Gasteiger partial charge in [-0.2, -0.15) is 5.10 Å². The first-order valence-corrected chi connectivity index (χ1v) is 7.06. The van der Waals surface area contributed by atoms with Crippen LogP contribution in [0.15, 0.2) is 6.20 Å². The average molecular weight is 286 g/mol. The fraction of sp³-hybridized carbons (Fsp3) is 0.692. The van der Waals surface area contributed by atoms with Crippen molar-refractivity contribution < 1.29 is 9.90 Å². The smallest absolute Gasteiger partial charge is 0.323 e. The summed E-state index contributed by atoms with van der Waals surface area (Å²) in [6.07, 6.45) is 4.70. The van der Waals surface area contributed by atoms with Crippen molar-refractivity contribution in [3.8, 4) is 0 Å². The van der Waals surface area contributed by atoms with E-state index in [2.05, 4.69) is 10.4 Å². The normalized spacial score (nSPS) is 26.8. The molecule has 2 rings (SSSR count). The lowest BCUT2D eigenvalue weighted by Crippen LogP contribution is -2.50. The summed E-state index contributed by atoms with van der Waals surface area (Å²) in [5, 5.41) is 17.7. The summed E-state index contributed by atoms with van der Waals surface area (Å²) in [5.74, 6) is -0.765. The standard InChI is InChI=1S/C13H20ClN3O2/c1-3-6-15-13(12(18)19)5-4-10(7-13)17-8-11(14)9(2)16-17/h8,10,15H,3-7H2,1-2H3,(H,18,19). The summed E-state index contributed by atoms with van der Waals surface area (Å²) < 4.78 is 1.82. The maximum atomic E-state index is 11.6. The largest absolute Gasteiger partial charge is 0.480 e. The summed E-state index contributed by atoms with van der Waals surface area (Å²) >= 11 is 6.01. The van der Waals surface area contributed by atoms with Crippen LogP contribution in [-0.4, -0.2) is 32.9 Å². The van der Waals surface area contributed by atoms with Gasteiger partial charge in [0.1, 0.15) is 5.54 Å². The summed E-state index contributed by atoms with van der Waals surface area (Å²) in [6, 6.07) is 0.103. The van der Waals surface area contributed by atoms with Gasteiger partial charge in [0.25, 0.3) is 0 Å². The van der Waals surface area contributed by atoms with Crippen LogP contribution in [0.4, 0.5) is 0 Å². The molecule has 0 spiro atoms. The lowest BCUT2D eigenvalue weighted by atomic mass is 9.97. The molecule has 0 radical (unpaired) electrons. The van der Waals surface area contributed by atoms with Crippen LogP contribution < -0.4 is 5.32 Å². The van der Waals surface area contributed by atoms with E-state index in [1.807, 2.05) is 18.5 Å². The Balaban J connectivity index is 2.14. The zero-order chi connectivity index (χ0) is 14.0. The van der Waals surface area contributed by atoms with Crippen LogP contribution >= 0.6 is 11.6 Å². The highest BCUT2D eigenvalue weighted by Gasteiger charge is 2.45. The van der Waals surface area contributed by atoms with E-state index in [0.29, 0.717) is 17.9 Å². The first kappa shape index (κ1) is 14.3. The number of hydrogen-bond donors (Lipinski definition) is 2. The Labute approximate surface area is 117 Å².